The molecule has 0 radical (unpaired) electrons. The summed E-state index contributed by atoms with van der Waals surface area (Å²) in [7, 11) is -3.12. The van der Waals surface area contributed by atoms with Crippen molar-refractivity contribution in [2.45, 2.75) is 20.8 Å². The van der Waals surface area contributed by atoms with Crippen LogP contribution >= 0.6 is 0 Å². The third-order valence-corrected chi connectivity index (χ3v) is 6.04. The lowest BCUT2D eigenvalue weighted by Crippen LogP contribution is -2.49. The summed E-state index contributed by atoms with van der Waals surface area (Å²) in [5.41, 5.74) is 1.93. The zero-order valence-electron chi connectivity index (χ0n) is 14.2. The van der Waals surface area contributed by atoms with Crippen LogP contribution in [0.15, 0.2) is 18.5 Å². The first-order valence-corrected chi connectivity index (χ1v) is 9.60. The van der Waals surface area contributed by atoms with Crippen LogP contribution in [0, 0.1) is 13.8 Å². The van der Waals surface area contributed by atoms with Gasteiger partial charge in [-0.1, -0.05) is 0 Å². The maximum Gasteiger partial charge on any atom is 0.213 e. The molecular formula is C15H22N6O2S. The lowest BCUT2D eigenvalue weighted by Gasteiger charge is -2.34. The molecule has 3 heterocycles. The molecule has 1 aliphatic rings. The average molecular weight is 350 g/mol. The Morgan fingerprint density at radius 2 is 1.75 bits per heavy atom. The maximum absolute atomic E-state index is 11.9. The molecule has 1 fully saturated rings. The SMILES string of the molecule is CCS(=O)(=O)N1CCN(c2cncc(-n3nc(C)cc3C)n2)CC1. The summed E-state index contributed by atoms with van der Waals surface area (Å²) in [6.07, 6.45) is 3.39. The van der Waals surface area contributed by atoms with Crippen molar-refractivity contribution < 1.29 is 8.42 Å². The highest BCUT2D eigenvalue weighted by molar-refractivity contribution is 7.89. The van der Waals surface area contributed by atoms with Crippen LogP contribution in [0.2, 0.25) is 0 Å². The van der Waals surface area contributed by atoms with Gasteiger partial charge in [0.1, 0.15) is 5.82 Å². The summed E-state index contributed by atoms with van der Waals surface area (Å²) in [5, 5.41) is 4.43. The van der Waals surface area contributed by atoms with Gasteiger partial charge in [0.15, 0.2) is 5.82 Å². The topological polar surface area (TPSA) is 84.2 Å². The minimum atomic E-state index is -3.12. The monoisotopic (exact) mass is 350 g/mol. The van der Waals surface area contributed by atoms with Crippen LogP contribution in [0.25, 0.3) is 5.82 Å². The van der Waals surface area contributed by atoms with Crippen molar-refractivity contribution in [2.24, 2.45) is 0 Å². The van der Waals surface area contributed by atoms with Crippen LogP contribution in [0.4, 0.5) is 5.82 Å². The molecule has 0 saturated carbocycles. The van der Waals surface area contributed by atoms with Crippen molar-refractivity contribution in [2.75, 3.05) is 36.8 Å². The van der Waals surface area contributed by atoms with E-state index in [1.807, 2.05) is 19.9 Å². The Labute approximate surface area is 142 Å². The molecule has 0 N–H and O–H groups in total. The van der Waals surface area contributed by atoms with E-state index >= 15 is 0 Å². The second kappa shape index (κ2) is 6.48. The van der Waals surface area contributed by atoms with Gasteiger partial charge >= 0.3 is 0 Å². The molecule has 130 valence electrons. The number of aromatic nitrogens is 4. The second-order valence-electron chi connectivity index (χ2n) is 5.86. The predicted molar refractivity (Wildman–Crippen MR) is 91.9 cm³/mol. The summed E-state index contributed by atoms with van der Waals surface area (Å²) < 4.78 is 27.2. The number of sulfonamides is 1. The van der Waals surface area contributed by atoms with Crippen molar-refractivity contribution >= 4 is 15.8 Å². The van der Waals surface area contributed by atoms with Gasteiger partial charge in [-0.25, -0.2) is 18.1 Å². The van der Waals surface area contributed by atoms with Gasteiger partial charge in [0, 0.05) is 31.9 Å². The molecule has 1 saturated heterocycles. The molecule has 0 aliphatic carbocycles. The van der Waals surface area contributed by atoms with Crippen molar-refractivity contribution in [3.05, 3.63) is 29.8 Å². The van der Waals surface area contributed by atoms with Crippen LogP contribution < -0.4 is 4.90 Å². The van der Waals surface area contributed by atoms with Gasteiger partial charge in [-0.15, -0.1) is 0 Å². The molecule has 2 aromatic rings. The summed E-state index contributed by atoms with van der Waals surface area (Å²) in [6.45, 7) is 7.74. The summed E-state index contributed by atoms with van der Waals surface area (Å²) in [5.74, 6) is 1.55. The maximum atomic E-state index is 11.9. The zero-order chi connectivity index (χ0) is 17.3. The van der Waals surface area contributed by atoms with Crippen molar-refractivity contribution in [3.63, 3.8) is 0 Å². The van der Waals surface area contributed by atoms with Crippen LogP contribution in [0.5, 0.6) is 0 Å². The van der Waals surface area contributed by atoms with Crippen molar-refractivity contribution in [1.29, 1.82) is 0 Å². The smallest absolute Gasteiger partial charge is 0.213 e. The summed E-state index contributed by atoms with van der Waals surface area (Å²) >= 11 is 0. The molecule has 9 heteroatoms. The Balaban J connectivity index is 1.78. The van der Waals surface area contributed by atoms with Crippen LogP contribution in [0.3, 0.4) is 0 Å². The van der Waals surface area contributed by atoms with E-state index in [0.717, 1.165) is 17.2 Å². The molecule has 8 nitrogen and oxygen atoms in total. The molecule has 0 unspecified atom stereocenters. The number of nitrogens with zero attached hydrogens (tertiary/aromatic N) is 6. The molecule has 0 bridgehead atoms. The van der Waals surface area contributed by atoms with Gasteiger partial charge in [-0.3, -0.25) is 4.98 Å². The van der Waals surface area contributed by atoms with E-state index in [9.17, 15) is 8.42 Å². The van der Waals surface area contributed by atoms with Gasteiger partial charge in [-0.2, -0.15) is 9.40 Å². The first-order chi connectivity index (χ1) is 11.4. The number of hydrogen-bond donors (Lipinski definition) is 0. The molecule has 0 amide bonds. The fourth-order valence-corrected chi connectivity index (χ4v) is 3.92. The summed E-state index contributed by atoms with van der Waals surface area (Å²) in [4.78, 5) is 11.0. The Kier molecular flexibility index (Phi) is 4.55. The Morgan fingerprint density at radius 1 is 1.08 bits per heavy atom. The largest absolute Gasteiger partial charge is 0.353 e. The van der Waals surface area contributed by atoms with Gasteiger partial charge < -0.3 is 4.90 Å². The van der Waals surface area contributed by atoms with Gasteiger partial charge in [0.25, 0.3) is 0 Å². The van der Waals surface area contributed by atoms with Crippen molar-refractivity contribution in [3.8, 4) is 5.82 Å². The molecule has 0 spiro atoms. The summed E-state index contributed by atoms with van der Waals surface area (Å²) in [6, 6.07) is 1.99. The lowest BCUT2D eigenvalue weighted by molar-refractivity contribution is 0.384. The van der Waals surface area contributed by atoms with Gasteiger partial charge in [-0.05, 0) is 26.8 Å². The fraction of sp³-hybridized carbons (Fsp3) is 0.533. The van der Waals surface area contributed by atoms with E-state index in [1.165, 1.54) is 0 Å². The number of rotatable bonds is 4. The number of hydrogen-bond acceptors (Lipinski definition) is 6. The molecule has 3 rings (SSSR count). The Morgan fingerprint density at radius 3 is 2.33 bits per heavy atom. The van der Waals surface area contributed by atoms with Crippen molar-refractivity contribution in [1.82, 2.24) is 24.1 Å². The van der Waals surface area contributed by atoms with Gasteiger partial charge in [0.05, 0.1) is 23.8 Å². The number of piperazine rings is 1. The van der Waals surface area contributed by atoms with Gasteiger partial charge in [0.2, 0.25) is 10.0 Å². The van der Waals surface area contributed by atoms with Crippen LogP contribution in [-0.4, -0.2) is 64.4 Å². The molecule has 1 aliphatic heterocycles. The van der Waals surface area contributed by atoms with E-state index in [-0.39, 0.29) is 5.75 Å². The third-order valence-electron chi connectivity index (χ3n) is 4.16. The Bertz CT molecular complexity index is 824. The molecule has 24 heavy (non-hydrogen) atoms. The highest BCUT2D eigenvalue weighted by Crippen LogP contribution is 2.17. The van der Waals surface area contributed by atoms with Crippen LogP contribution in [-0.2, 0) is 10.0 Å². The van der Waals surface area contributed by atoms with E-state index < -0.39 is 10.0 Å². The number of anilines is 1. The van der Waals surface area contributed by atoms with Crippen LogP contribution in [0.1, 0.15) is 18.3 Å². The minimum Gasteiger partial charge on any atom is -0.353 e. The Hall–Kier alpha value is -2.00. The molecular weight excluding hydrogens is 328 g/mol. The lowest BCUT2D eigenvalue weighted by atomic mass is 10.3. The average Bonchev–Trinajstić information content (AvgIpc) is 2.93. The van der Waals surface area contributed by atoms with E-state index in [0.29, 0.717) is 32.0 Å². The predicted octanol–water partition coefficient (Wildman–Crippen LogP) is 0.751. The standard InChI is InChI=1S/C15H22N6O2S/c1-4-24(22,23)20-7-5-19(6-8-20)14-10-16-11-15(17-14)21-13(3)9-12(2)18-21/h9-11H,4-8H2,1-3H3. The fourth-order valence-electron chi connectivity index (χ4n) is 2.84. The normalized spacial score (nSPS) is 16.5. The highest BCUT2D eigenvalue weighted by Gasteiger charge is 2.26. The minimum absolute atomic E-state index is 0.139. The first-order valence-electron chi connectivity index (χ1n) is 7.99. The molecule has 2 aromatic heterocycles. The third kappa shape index (κ3) is 3.27. The first kappa shape index (κ1) is 16.8. The highest BCUT2D eigenvalue weighted by atomic mass is 32.2. The van der Waals surface area contributed by atoms with E-state index in [2.05, 4.69) is 20.0 Å². The molecule has 0 atom stereocenters. The van der Waals surface area contributed by atoms with E-state index in [4.69, 9.17) is 0 Å². The number of aryl methyl sites for hydroxylation is 2. The zero-order valence-corrected chi connectivity index (χ0v) is 15.0. The quantitative estimate of drug-likeness (QED) is 0.809. The molecule has 0 aromatic carbocycles. The second-order valence-corrected chi connectivity index (χ2v) is 8.12. The van der Waals surface area contributed by atoms with E-state index in [1.54, 1.807) is 28.3 Å².